The predicted octanol–water partition coefficient (Wildman–Crippen LogP) is 2.81. The molecular weight excluding hydrogens is 354 g/mol. The van der Waals surface area contributed by atoms with E-state index < -0.39 is 0 Å². The maximum Gasteiger partial charge on any atom is 0.260 e. The zero-order valence-electron chi connectivity index (χ0n) is 16.0. The van der Waals surface area contributed by atoms with Crippen molar-refractivity contribution in [2.45, 2.75) is 52.1 Å². The van der Waals surface area contributed by atoms with Crippen LogP contribution in [0.15, 0.2) is 29.1 Å². The summed E-state index contributed by atoms with van der Waals surface area (Å²) in [6.45, 7) is 6.58. The number of H-pyrrole nitrogens is 1. The van der Waals surface area contributed by atoms with Crippen LogP contribution in [0.2, 0.25) is 0 Å². The number of aromatic amines is 1. The van der Waals surface area contributed by atoms with Gasteiger partial charge in [-0.15, -0.1) is 11.3 Å². The average molecular weight is 381 g/mol. The van der Waals surface area contributed by atoms with E-state index in [2.05, 4.69) is 43.1 Å². The minimum Gasteiger partial charge on any atom is -0.322 e. The first-order chi connectivity index (χ1) is 13.1. The summed E-state index contributed by atoms with van der Waals surface area (Å²) in [5.41, 5.74) is 4.21. The first-order valence-corrected chi connectivity index (χ1v) is 10.9. The summed E-state index contributed by atoms with van der Waals surface area (Å²) in [6.07, 6.45) is 4.38. The third-order valence-corrected chi connectivity index (χ3v) is 7.61. The van der Waals surface area contributed by atoms with Gasteiger partial charge in [-0.3, -0.25) is 4.79 Å². The van der Waals surface area contributed by atoms with Crippen molar-refractivity contribution in [1.82, 2.24) is 9.97 Å². The molecule has 3 aromatic rings. The third-order valence-electron chi connectivity index (χ3n) is 6.46. The van der Waals surface area contributed by atoms with Gasteiger partial charge in [-0.25, -0.2) is 4.98 Å². The molecule has 27 heavy (non-hydrogen) atoms. The Morgan fingerprint density at radius 1 is 1.26 bits per heavy atom. The number of aromatic nitrogens is 2. The van der Waals surface area contributed by atoms with Gasteiger partial charge in [0.05, 0.1) is 11.9 Å². The van der Waals surface area contributed by atoms with E-state index in [1.54, 1.807) is 11.3 Å². The Balaban J connectivity index is 1.49. The molecule has 3 heterocycles. The molecule has 1 aliphatic carbocycles. The van der Waals surface area contributed by atoms with E-state index in [4.69, 9.17) is 4.98 Å². The normalized spacial score (nSPS) is 23.0. The Labute approximate surface area is 163 Å². The van der Waals surface area contributed by atoms with Gasteiger partial charge in [0.15, 0.2) is 5.82 Å². The molecule has 1 aromatic carbocycles. The van der Waals surface area contributed by atoms with Gasteiger partial charge in [0.2, 0.25) is 0 Å². The number of thiophene rings is 1. The number of aryl methyl sites for hydroxylation is 1. The first-order valence-electron chi connectivity index (χ1n) is 10.1. The minimum atomic E-state index is 0.0608. The van der Waals surface area contributed by atoms with E-state index in [1.807, 2.05) is 0 Å². The SMILES string of the molecule is C[C@H]1CCc2c(sc3nc([C@H](C)[NH+]4CCc5ccccc5C4)[nH]c(=O)c23)C1. The van der Waals surface area contributed by atoms with E-state index in [9.17, 15) is 4.79 Å². The van der Waals surface area contributed by atoms with E-state index in [0.717, 1.165) is 48.4 Å². The summed E-state index contributed by atoms with van der Waals surface area (Å²) in [7, 11) is 0. The molecule has 0 radical (unpaired) electrons. The van der Waals surface area contributed by atoms with Gasteiger partial charge in [0.1, 0.15) is 17.4 Å². The smallest absolute Gasteiger partial charge is 0.260 e. The van der Waals surface area contributed by atoms with Gasteiger partial charge in [-0.05, 0) is 43.2 Å². The zero-order chi connectivity index (χ0) is 18.5. The molecule has 0 spiro atoms. The second kappa shape index (κ2) is 6.57. The number of hydrogen-bond acceptors (Lipinski definition) is 3. The highest BCUT2D eigenvalue weighted by atomic mass is 32.1. The highest BCUT2D eigenvalue weighted by Crippen LogP contribution is 2.35. The largest absolute Gasteiger partial charge is 0.322 e. The second-order valence-electron chi connectivity index (χ2n) is 8.31. The van der Waals surface area contributed by atoms with Crippen LogP contribution in [0.4, 0.5) is 0 Å². The molecule has 4 nitrogen and oxygen atoms in total. The topological polar surface area (TPSA) is 50.2 Å². The molecule has 0 bridgehead atoms. The summed E-state index contributed by atoms with van der Waals surface area (Å²) in [4.78, 5) is 24.8. The zero-order valence-corrected chi connectivity index (χ0v) is 16.8. The summed E-state index contributed by atoms with van der Waals surface area (Å²) in [6, 6.07) is 8.90. The van der Waals surface area contributed by atoms with Crippen molar-refractivity contribution in [3.63, 3.8) is 0 Å². The molecule has 5 heteroatoms. The highest BCUT2D eigenvalue weighted by Gasteiger charge is 2.28. The lowest BCUT2D eigenvalue weighted by Gasteiger charge is -2.30. The fourth-order valence-electron chi connectivity index (χ4n) is 4.74. The maximum absolute atomic E-state index is 12.9. The molecule has 0 saturated carbocycles. The van der Waals surface area contributed by atoms with E-state index in [0.29, 0.717) is 5.92 Å². The minimum absolute atomic E-state index is 0.0608. The molecule has 3 atom stereocenters. The van der Waals surface area contributed by atoms with Crippen LogP contribution in [0.3, 0.4) is 0 Å². The van der Waals surface area contributed by atoms with Crippen LogP contribution in [0.5, 0.6) is 0 Å². The van der Waals surface area contributed by atoms with Crippen molar-refractivity contribution in [2.24, 2.45) is 5.92 Å². The number of fused-ring (bicyclic) bond motifs is 4. The van der Waals surface area contributed by atoms with Crippen molar-refractivity contribution in [2.75, 3.05) is 6.54 Å². The lowest BCUT2D eigenvalue weighted by atomic mass is 9.89. The molecule has 5 rings (SSSR count). The van der Waals surface area contributed by atoms with Gasteiger partial charge >= 0.3 is 0 Å². The predicted molar refractivity (Wildman–Crippen MR) is 110 cm³/mol. The Hall–Kier alpha value is -1.98. The number of nitrogens with zero attached hydrogens (tertiary/aromatic N) is 1. The molecule has 2 aromatic heterocycles. The lowest BCUT2D eigenvalue weighted by molar-refractivity contribution is -0.945. The van der Waals surface area contributed by atoms with Gasteiger partial charge in [-0.2, -0.15) is 0 Å². The Morgan fingerprint density at radius 3 is 2.93 bits per heavy atom. The van der Waals surface area contributed by atoms with Crippen LogP contribution >= 0.6 is 11.3 Å². The van der Waals surface area contributed by atoms with Crippen molar-refractivity contribution in [3.05, 3.63) is 62.0 Å². The van der Waals surface area contributed by atoms with Crippen molar-refractivity contribution in [3.8, 4) is 0 Å². The quantitative estimate of drug-likeness (QED) is 0.718. The first kappa shape index (κ1) is 17.1. The molecule has 1 aliphatic heterocycles. The van der Waals surface area contributed by atoms with Gasteiger partial charge in [0, 0.05) is 16.9 Å². The molecule has 0 amide bonds. The number of hydrogen-bond donors (Lipinski definition) is 2. The van der Waals surface area contributed by atoms with E-state index >= 15 is 0 Å². The molecule has 2 N–H and O–H groups in total. The maximum atomic E-state index is 12.9. The standard InChI is InChI=1S/C22H25N3OS/c1-13-7-8-17-18(11-13)27-22-19(17)21(26)23-20(24-22)14(2)25-10-9-15-5-3-4-6-16(15)12-25/h3-6,13-14H,7-12H2,1-2H3,(H,23,24,26)/p+1/t13-,14-/m0/s1. The summed E-state index contributed by atoms with van der Waals surface area (Å²) >= 11 is 1.74. The molecule has 140 valence electrons. The van der Waals surface area contributed by atoms with Gasteiger partial charge < -0.3 is 9.88 Å². The summed E-state index contributed by atoms with van der Waals surface area (Å²) in [5, 5.41) is 0.858. The number of benzene rings is 1. The van der Waals surface area contributed by atoms with Crippen LogP contribution in [-0.4, -0.2) is 16.5 Å². The molecule has 2 aliphatic rings. The van der Waals surface area contributed by atoms with Crippen LogP contribution < -0.4 is 10.5 Å². The molecular formula is C22H26N3OS+. The Kier molecular flexibility index (Phi) is 4.17. The van der Waals surface area contributed by atoms with Crippen molar-refractivity contribution in [1.29, 1.82) is 0 Å². The number of quaternary nitrogens is 1. The fraction of sp³-hybridized carbons (Fsp3) is 0.455. The third kappa shape index (κ3) is 2.93. The van der Waals surface area contributed by atoms with E-state index in [1.165, 1.54) is 32.9 Å². The average Bonchev–Trinajstić information content (AvgIpc) is 3.04. The lowest BCUT2D eigenvalue weighted by Crippen LogP contribution is -3.11. The van der Waals surface area contributed by atoms with E-state index in [-0.39, 0.29) is 11.6 Å². The van der Waals surface area contributed by atoms with Crippen molar-refractivity contribution < 1.29 is 4.90 Å². The molecule has 0 saturated heterocycles. The Bertz CT molecular complexity index is 1070. The monoisotopic (exact) mass is 380 g/mol. The van der Waals surface area contributed by atoms with Crippen molar-refractivity contribution >= 4 is 21.6 Å². The number of rotatable bonds is 2. The van der Waals surface area contributed by atoms with Gasteiger partial charge in [0.25, 0.3) is 5.56 Å². The summed E-state index contributed by atoms with van der Waals surface area (Å²) in [5.74, 6) is 1.55. The summed E-state index contributed by atoms with van der Waals surface area (Å²) < 4.78 is 0. The fourth-order valence-corrected chi connectivity index (χ4v) is 6.13. The molecule has 1 unspecified atom stereocenters. The molecule has 0 fully saturated rings. The van der Waals surface area contributed by atoms with Crippen LogP contribution in [0, 0.1) is 5.92 Å². The second-order valence-corrected chi connectivity index (χ2v) is 9.39. The Morgan fingerprint density at radius 2 is 2.07 bits per heavy atom. The van der Waals surface area contributed by atoms with Crippen LogP contribution in [0.1, 0.15) is 53.7 Å². The highest BCUT2D eigenvalue weighted by molar-refractivity contribution is 7.18. The number of nitrogens with one attached hydrogen (secondary N) is 2. The van der Waals surface area contributed by atoms with Gasteiger partial charge in [-0.1, -0.05) is 31.2 Å². The van der Waals surface area contributed by atoms with Crippen LogP contribution in [-0.2, 0) is 25.8 Å². The van der Waals surface area contributed by atoms with Crippen LogP contribution in [0.25, 0.3) is 10.2 Å².